The van der Waals surface area contributed by atoms with Crippen LogP contribution in [0.4, 0.5) is 0 Å². The minimum absolute atomic E-state index is 0.00472. The van der Waals surface area contributed by atoms with E-state index in [0.29, 0.717) is 31.1 Å². The van der Waals surface area contributed by atoms with E-state index < -0.39 is 11.5 Å². The third-order valence-corrected chi connectivity index (χ3v) is 11.0. The molecule has 0 aromatic heterocycles. The molecular formula is C27H43BrO6. The Kier molecular flexibility index (Phi) is 8.05. The van der Waals surface area contributed by atoms with Crippen molar-refractivity contribution in [2.75, 3.05) is 6.61 Å². The number of hydrogen-bond donors (Lipinski definition) is 2. The predicted octanol–water partition coefficient (Wildman–Crippen LogP) is 4.77. The first-order valence-electron chi connectivity index (χ1n) is 13.5. The second kappa shape index (κ2) is 10.4. The van der Waals surface area contributed by atoms with E-state index in [1.165, 1.54) is 0 Å². The average molecular weight is 544 g/mol. The molecule has 10 atom stereocenters. The van der Waals surface area contributed by atoms with Crippen LogP contribution in [0.15, 0.2) is 0 Å². The Labute approximate surface area is 212 Å². The molecule has 4 aliphatic rings. The Morgan fingerprint density at radius 2 is 1.79 bits per heavy atom. The minimum atomic E-state index is -0.490. The van der Waals surface area contributed by atoms with Gasteiger partial charge in [0.1, 0.15) is 12.2 Å². The number of hydrogen-bond acceptors (Lipinski definition) is 6. The monoisotopic (exact) mass is 542 g/mol. The lowest BCUT2D eigenvalue weighted by atomic mass is 9.44. The van der Waals surface area contributed by atoms with Crippen molar-refractivity contribution in [1.29, 1.82) is 0 Å². The van der Waals surface area contributed by atoms with Crippen molar-refractivity contribution in [2.24, 2.45) is 34.5 Å². The van der Waals surface area contributed by atoms with Crippen molar-refractivity contribution in [1.82, 2.24) is 0 Å². The molecule has 0 bridgehead atoms. The molecule has 0 saturated heterocycles. The zero-order chi connectivity index (χ0) is 24.7. The van der Waals surface area contributed by atoms with Gasteiger partial charge < -0.3 is 19.7 Å². The minimum Gasteiger partial charge on any atom is -0.462 e. The van der Waals surface area contributed by atoms with Crippen LogP contribution in [0, 0.1) is 34.5 Å². The lowest BCUT2D eigenvalue weighted by Crippen LogP contribution is -2.60. The molecule has 0 heterocycles. The summed E-state index contributed by atoms with van der Waals surface area (Å²) in [7, 11) is 0. The van der Waals surface area contributed by atoms with Crippen LogP contribution >= 0.6 is 15.9 Å². The average Bonchev–Trinajstić information content (AvgIpc) is 3.10. The number of rotatable bonds is 7. The van der Waals surface area contributed by atoms with Crippen molar-refractivity contribution in [3.8, 4) is 0 Å². The van der Waals surface area contributed by atoms with Gasteiger partial charge in [0.2, 0.25) is 0 Å². The third kappa shape index (κ3) is 4.47. The summed E-state index contributed by atoms with van der Waals surface area (Å²) in [6.07, 6.45) is 7.80. The fourth-order valence-electron chi connectivity index (χ4n) is 8.30. The van der Waals surface area contributed by atoms with Crippen molar-refractivity contribution in [2.45, 2.75) is 115 Å². The first kappa shape index (κ1) is 26.4. The Balaban J connectivity index is 1.52. The van der Waals surface area contributed by atoms with Gasteiger partial charge in [0.05, 0.1) is 17.5 Å². The van der Waals surface area contributed by atoms with Crippen molar-refractivity contribution < 1.29 is 29.3 Å². The molecular weight excluding hydrogens is 500 g/mol. The molecule has 4 aliphatic carbocycles. The number of carbonyl (C=O) groups is 2. The molecule has 4 unspecified atom stereocenters. The van der Waals surface area contributed by atoms with E-state index in [1.807, 2.05) is 0 Å². The SMILES string of the molecule is CCCCC(=O)O[C@H]1CC[C@@]2(C)C(C1)C[C@H](O)C1C2CC[C@@]2(CO)C1C[C@@H](Br)[C@@H]2OC(=O)CC. The summed E-state index contributed by atoms with van der Waals surface area (Å²) in [6, 6.07) is 0. The van der Waals surface area contributed by atoms with Crippen molar-refractivity contribution in [3.05, 3.63) is 0 Å². The standard InChI is InChI=1S/C27H43BrO6/c1-4-6-7-23(32)33-17-8-10-26(3)16(12-17)13-21(30)24-18(26)9-11-27(15-29)19(24)14-20(28)25(27)34-22(31)5-2/h16-21,24-25,29-30H,4-15H2,1-3H3/t16?,17-,18?,19?,20+,21-,24?,25-,26-,27+/m0/s1. The normalized spacial score (nSPS) is 45.6. The molecule has 4 fully saturated rings. The fraction of sp³-hybridized carbons (Fsp3) is 0.926. The van der Waals surface area contributed by atoms with Crippen molar-refractivity contribution >= 4 is 27.9 Å². The predicted molar refractivity (Wildman–Crippen MR) is 132 cm³/mol. The Morgan fingerprint density at radius 3 is 2.47 bits per heavy atom. The maximum Gasteiger partial charge on any atom is 0.306 e. The van der Waals surface area contributed by atoms with Gasteiger partial charge in [-0.1, -0.05) is 43.1 Å². The van der Waals surface area contributed by atoms with Gasteiger partial charge in [-0.15, -0.1) is 0 Å². The summed E-state index contributed by atoms with van der Waals surface area (Å²) < 4.78 is 11.7. The number of unbranched alkanes of at least 4 members (excludes halogenated alkanes) is 1. The molecule has 34 heavy (non-hydrogen) atoms. The quantitative estimate of drug-likeness (QED) is 0.355. The first-order chi connectivity index (χ1) is 16.2. The molecule has 4 saturated carbocycles. The van der Waals surface area contributed by atoms with Gasteiger partial charge >= 0.3 is 11.9 Å². The highest BCUT2D eigenvalue weighted by atomic mass is 79.9. The molecule has 6 nitrogen and oxygen atoms in total. The Morgan fingerprint density at radius 1 is 1.03 bits per heavy atom. The number of alkyl halides is 1. The maximum absolute atomic E-state index is 12.2. The summed E-state index contributed by atoms with van der Waals surface area (Å²) in [5.41, 5.74) is -0.395. The van der Waals surface area contributed by atoms with Gasteiger partial charge in [-0.2, -0.15) is 0 Å². The van der Waals surface area contributed by atoms with Crippen LogP contribution in [-0.2, 0) is 19.1 Å². The van der Waals surface area contributed by atoms with Gasteiger partial charge in [0.25, 0.3) is 0 Å². The Bertz CT molecular complexity index is 759. The summed E-state index contributed by atoms with van der Waals surface area (Å²) in [4.78, 5) is 24.4. The lowest BCUT2D eigenvalue weighted by Gasteiger charge is -2.62. The Hall–Kier alpha value is -0.660. The van der Waals surface area contributed by atoms with Crippen LogP contribution in [-0.4, -0.2) is 51.9 Å². The van der Waals surface area contributed by atoms with E-state index in [2.05, 4.69) is 29.8 Å². The number of fused-ring (bicyclic) bond motifs is 5. The van der Waals surface area contributed by atoms with E-state index in [4.69, 9.17) is 9.47 Å². The molecule has 0 aliphatic heterocycles. The largest absolute Gasteiger partial charge is 0.462 e. The molecule has 0 aromatic rings. The molecule has 194 valence electrons. The highest BCUT2D eigenvalue weighted by molar-refractivity contribution is 9.09. The van der Waals surface area contributed by atoms with Crippen LogP contribution in [0.25, 0.3) is 0 Å². The second-order valence-electron chi connectivity index (χ2n) is 11.7. The highest BCUT2D eigenvalue weighted by Crippen LogP contribution is 2.67. The smallest absolute Gasteiger partial charge is 0.306 e. The maximum atomic E-state index is 12.2. The van der Waals surface area contributed by atoms with Crippen LogP contribution in [0.2, 0.25) is 0 Å². The molecule has 7 heteroatoms. The number of carbonyl (C=O) groups excluding carboxylic acids is 2. The van der Waals surface area contributed by atoms with Crippen LogP contribution in [0.3, 0.4) is 0 Å². The number of ether oxygens (including phenoxy) is 2. The molecule has 0 spiro atoms. The summed E-state index contributed by atoms with van der Waals surface area (Å²) in [6.45, 7) is 6.24. The van der Waals surface area contributed by atoms with Gasteiger partial charge in [-0.05, 0) is 80.5 Å². The van der Waals surface area contributed by atoms with Crippen molar-refractivity contribution in [3.63, 3.8) is 0 Å². The zero-order valence-electron chi connectivity index (χ0n) is 21.0. The highest BCUT2D eigenvalue weighted by Gasteiger charge is 2.66. The van der Waals surface area contributed by atoms with Crippen LogP contribution in [0.5, 0.6) is 0 Å². The number of esters is 2. The first-order valence-corrected chi connectivity index (χ1v) is 14.4. The fourth-order valence-corrected chi connectivity index (χ4v) is 9.34. The summed E-state index contributed by atoms with van der Waals surface area (Å²) >= 11 is 3.78. The third-order valence-electron chi connectivity index (χ3n) is 10.1. The molecule has 0 amide bonds. The van der Waals surface area contributed by atoms with E-state index in [9.17, 15) is 19.8 Å². The number of aliphatic hydroxyl groups is 2. The van der Waals surface area contributed by atoms with Gasteiger partial charge in [0.15, 0.2) is 0 Å². The topological polar surface area (TPSA) is 93.1 Å². The van der Waals surface area contributed by atoms with E-state index in [0.717, 1.165) is 51.4 Å². The summed E-state index contributed by atoms with van der Waals surface area (Å²) in [5, 5.41) is 22.1. The van der Waals surface area contributed by atoms with Gasteiger partial charge in [-0.25, -0.2) is 0 Å². The lowest BCUT2D eigenvalue weighted by molar-refractivity contribution is -0.197. The van der Waals surface area contributed by atoms with Crippen LogP contribution < -0.4 is 0 Å². The summed E-state index contributed by atoms with van der Waals surface area (Å²) in [5.74, 6) is 0.593. The van der Waals surface area contributed by atoms with Crippen LogP contribution in [0.1, 0.15) is 91.4 Å². The van der Waals surface area contributed by atoms with Gasteiger partial charge in [0, 0.05) is 18.3 Å². The second-order valence-corrected chi connectivity index (χ2v) is 12.9. The molecule has 4 rings (SSSR count). The number of aliphatic hydroxyl groups excluding tert-OH is 2. The van der Waals surface area contributed by atoms with E-state index >= 15 is 0 Å². The number of halogens is 1. The van der Waals surface area contributed by atoms with E-state index in [-0.39, 0.29) is 52.8 Å². The molecule has 2 N–H and O–H groups in total. The molecule has 0 aromatic carbocycles. The van der Waals surface area contributed by atoms with E-state index in [1.54, 1.807) is 6.92 Å². The molecule has 0 radical (unpaired) electrons. The van der Waals surface area contributed by atoms with Gasteiger partial charge in [-0.3, -0.25) is 9.59 Å². The zero-order valence-corrected chi connectivity index (χ0v) is 22.6.